The van der Waals surface area contributed by atoms with Crippen molar-refractivity contribution in [2.45, 2.75) is 49.1 Å². The summed E-state index contributed by atoms with van der Waals surface area (Å²) >= 11 is 1.35. The molecule has 1 amide bonds. The van der Waals surface area contributed by atoms with E-state index < -0.39 is 45.5 Å². The molecule has 2 heterocycles. The van der Waals surface area contributed by atoms with Crippen LogP contribution in [0, 0.1) is 12.5 Å². The average Bonchev–Trinajstić information content (AvgIpc) is 2.95. The van der Waals surface area contributed by atoms with Gasteiger partial charge >= 0.3 is 23.4 Å². The van der Waals surface area contributed by atoms with Gasteiger partial charge in [-0.05, 0) is 26.3 Å². The van der Waals surface area contributed by atoms with E-state index in [-0.39, 0.29) is 6.61 Å². The Balaban J connectivity index is 1.82. The van der Waals surface area contributed by atoms with Gasteiger partial charge in [0, 0.05) is 4.75 Å². The lowest BCUT2D eigenvalue weighted by Crippen LogP contribution is -2.75. The van der Waals surface area contributed by atoms with E-state index in [2.05, 4.69) is 4.85 Å². The van der Waals surface area contributed by atoms with Crippen LogP contribution in [-0.2, 0) is 30.5 Å². The first-order valence-electron chi connectivity index (χ1n) is 8.88. The SMILES string of the molecule is [C-]#[N+][C@]1(C(C)C(=O)OC)C(=O)N2[C@@H](C(=O)OCc3ccccc3)C(C)(C)S[C@@H]21. The third kappa shape index (κ3) is 2.85. The number of carbonyl (C=O) groups excluding carboxylic acids is 3. The third-order valence-electron chi connectivity index (χ3n) is 5.41. The van der Waals surface area contributed by atoms with Gasteiger partial charge in [0.1, 0.15) is 18.6 Å². The summed E-state index contributed by atoms with van der Waals surface area (Å²) in [5, 5.41) is -0.601. The molecule has 4 atom stereocenters. The van der Waals surface area contributed by atoms with E-state index in [1.54, 1.807) is 0 Å². The quantitative estimate of drug-likeness (QED) is 0.427. The van der Waals surface area contributed by atoms with Gasteiger partial charge in [0.2, 0.25) is 0 Å². The maximum Gasteiger partial charge on any atom is 0.350 e. The van der Waals surface area contributed by atoms with Crippen LogP contribution in [-0.4, -0.2) is 51.6 Å². The zero-order chi connectivity index (χ0) is 20.7. The lowest BCUT2D eigenvalue weighted by Gasteiger charge is -2.46. The molecule has 0 bridgehead atoms. The van der Waals surface area contributed by atoms with E-state index in [1.807, 2.05) is 44.2 Å². The molecular weight excluding hydrogens is 380 g/mol. The minimum atomic E-state index is -1.55. The van der Waals surface area contributed by atoms with Crippen molar-refractivity contribution < 1.29 is 23.9 Å². The largest absolute Gasteiger partial charge is 0.469 e. The summed E-state index contributed by atoms with van der Waals surface area (Å²) in [5.74, 6) is -2.57. The van der Waals surface area contributed by atoms with Crippen molar-refractivity contribution in [2.75, 3.05) is 7.11 Å². The van der Waals surface area contributed by atoms with E-state index in [4.69, 9.17) is 16.0 Å². The lowest BCUT2D eigenvalue weighted by molar-refractivity contribution is -0.172. The standard InChI is InChI=1S/C20H22N2O5S/c1-12(15(23)26-5)20(21-4)17(25)22-14(19(2,3)28-18(20)22)16(24)27-11-13-9-7-6-8-10-13/h6-10,12,14,18H,11H2,1-3,5H3/t12?,14-,18+,20+/m0/s1. The Bertz CT molecular complexity index is 850. The molecule has 8 heteroatoms. The molecule has 1 aromatic rings. The highest BCUT2D eigenvalue weighted by atomic mass is 32.2. The number of hydrogen-bond acceptors (Lipinski definition) is 6. The Labute approximate surface area is 168 Å². The fourth-order valence-corrected chi connectivity index (χ4v) is 5.59. The predicted molar refractivity (Wildman–Crippen MR) is 103 cm³/mol. The second-order valence-electron chi connectivity index (χ2n) is 7.46. The van der Waals surface area contributed by atoms with E-state index >= 15 is 0 Å². The number of nitrogens with zero attached hydrogens (tertiary/aromatic N) is 2. The smallest absolute Gasteiger partial charge is 0.350 e. The molecule has 148 valence electrons. The van der Waals surface area contributed by atoms with E-state index in [0.29, 0.717) is 0 Å². The lowest BCUT2D eigenvalue weighted by atomic mass is 9.76. The predicted octanol–water partition coefficient (Wildman–Crippen LogP) is 2.26. The highest BCUT2D eigenvalue weighted by Gasteiger charge is 2.80. The van der Waals surface area contributed by atoms with Crippen molar-refractivity contribution in [2.24, 2.45) is 5.92 Å². The Morgan fingerprint density at radius 1 is 1.32 bits per heavy atom. The summed E-state index contributed by atoms with van der Waals surface area (Å²) in [6.07, 6.45) is 0. The first-order chi connectivity index (χ1) is 13.2. The molecule has 1 unspecified atom stereocenters. The molecule has 2 aliphatic heterocycles. The first kappa shape index (κ1) is 20.2. The third-order valence-corrected chi connectivity index (χ3v) is 7.05. The van der Waals surface area contributed by atoms with Crippen LogP contribution in [0.5, 0.6) is 0 Å². The van der Waals surface area contributed by atoms with Crippen LogP contribution >= 0.6 is 11.8 Å². The van der Waals surface area contributed by atoms with Crippen LogP contribution in [0.15, 0.2) is 30.3 Å². The molecule has 0 saturated carbocycles. The van der Waals surface area contributed by atoms with Crippen LogP contribution in [0.25, 0.3) is 4.85 Å². The molecule has 0 radical (unpaired) electrons. The number of rotatable bonds is 5. The van der Waals surface area contributed by atoms with Crippen molar-refractivity contribution in [1.82, 2.24) is 4.90 Å². The van der Waals surface area contributed by atoms with Crippen molar-refractivity contribution in [3.8, 4) is 0 Å². The second kappa shape index (κ2) is 7.13. The number of fused-ring (bicyclic) bond motifs is 1. The Morgan fingerprint density at radius 3 is 2.54 bits per heavy atom. The van der Waals surface area contributed by atoms with Gasteiger partial charge in [0.15, 0.2) is 5.37 Å². The minimum Gasteiger partial charge on any atom is -0.469 e. The first-order valence-corrected chi connectivity index (χ1v) is 9.76. The molecule has 0 aliphatic carbocycles. The summed E-state index contributed by atoms with van der Waals surface area (Å²) in [6.45, 7) is 12.9. The molecular formula is C20H22N2O5S. The number of benzene rings is 1. The highest BCUT2D eigenvalue weighted by Crippen LogP contribution is 2.58. The summed E-state index contributed by atoms with van der Waals surface area (Å²) in [4.78, 5) is 42.8. The molecule has 3 rings (SSSR count). The van der Waals surface area contributed by atoms with Gasteiger partial charge in [-0.2, -0.15) is 0 Å². The van der Waals surface area contributed by atoms with Gasteiger partial charge < -0.3 is 9.47 Å². The topological polar surface area (TPSA) is 77.3 Å². The van der Waals surface area contributed by atoms with Gasteiger partial charge in [-0.1, -0.05) is 30.3 Å². The average molecular weight is 402 g/mol. The van der Waals surface area contributed by atoms with Gasteiger partial charge in [0.05, 0.1) is 7.11 Å². The molecule has 2 aliphatic rings. The molecule has 0 aromatic heterocycles. The van der Waals surface area contributed by atoms with Crippen molar-refractivity contribution >= 4 is 29.6 Å². The second-order valence-corrected chi connectivity index (χ2v) is 9.20. The zero-order valence-corrected chi connectivity index (χ0v) is 17.0. The summed E-state index contributed by atoms with van der Waals surface area (Å²) in [6, 6.07) is 8.46. The number of ether oxygens (including phenoxy) is 2. The fourth-order valence-electron chi connectivity index (χ4n) is 3.81. The molecule has 2 saturated heterocycles. The van der Waals surface area contributed by atoms with Crippen LogP contribution in [0.3, 0.4) is 0 Å². The molecule has 28 heavy (non-hydrogen) atoms. The molecule has 0 spiro atoms. The van der Waals surface area contributed by atoms with Crippen molar-refractivity contribution in [3.05, 3.63) is 47.3 Å². The van der Waals surface area contributed by atoms with Crippen LogP contribution in [0.1, 0.15) is 26.3 Å². The van der Waals surface area contributed by atoms with Gasteiger partial charge in [-0.15, -0.1) is 11.8 Å². The van der Waals surface area contributed by atoms with Crippen LogP contribution in [0.2, 0.25) is 0 Å². The number of β-lactam (4-membered cyclic amide) rings is 1. The van der Waals surface area contributed by atoms with Gasteiger partial charge in [-0.25, -0.2) is 11.4 Å². The summed E-state index contributed by atoms with van der Waals surface area (Å²) < 4.78 is 9.56. The van der Waals surface area contributed by atoms with Crippen LogP contribution < -0.4 is 0 Å². The number of carbonyl (C=O) groups is 3. The normalized spacial score (nSPS) is 28.5. The van der Waals surface area contributed by atoms with E-state index in [9.17, 15) is 14.4 Å². The minimum absolute atomic E-state index is 0.107. The number of esters is 2. The summed E-state index contributed by atoms with van der Waals surface area (Å²) in [7, 11) is 1.23. The molecule has 0 N–H and O–H groups in total. The maximum atomic E-state index is 13.0. The summed E-state index contributed by atoms with van der Waals surface area (Å²) in [5.41, 5.74) is -0.704. The monoisotopic (exact) mass is 402 g/mol. The number of thioether (sulfide) groups is 1. The zero-order valence-electron chi connectivity index (χ0n) is 16.2. The molecule has 7 nitrogen and oxygen atoms in total. The maximum absolute atomic E-state index is 13.0. The number of methoxy groups -OCH3 is 1. The number of amides is 1. The molecule has 1 aromatic carbocycles. The number of hydrogen-bond donors (Lipinski definition) is 0. The highest BCUT2D eigenvalue weighted by molar-refractivity contribution is 8.01. The van der Waals surface area contributed by atoms with Crippen molar-refractivity contribution in [3.63, 3.8) is 0 Å². The molecule has 2 fully saturated rings. The van der Waals surface area contributed by atoms with Crippen LogP contribution in [0.4, 0.5) is 0 Å². The Hall–Kier alpha value is -2.53. The Kier molecular flexibility index (Phi) is 5.15. The Morgan fingerprint density at radius 2 is 1.96 bits per heavy atom. The van der Waals surface area contributed by atoms with E-state index in [0.717, 1.165) is 5.56 Å². The van der Waals surface area contributed by atoms with Gasteiger partial charge in [-0.3, -0.25) is 19.3 Å². The van der Waals surface area contributed by atoms with Crippen molar-refractivity contribution in [1.29, 1.82) is 0 Å². The van der Waals surface area contributed by atoms with Gasteiger partial charge in [0.25, 0.3) is 0 Å². The fraction of sp³-hybridized carbons (Fsp3) is 0.500. The van der Waals surface area contributed by atoms with E-state index in [1.165, 1.54) is 30.7 Å².